The molecule has 0 bridgehead atoms. The van der Waals surface area contributed by atoms with Gasteiger partial charge in [-0.15, -0.1) is 5.10 Å². The lowest BCUT2D eigenvalue weighted by Gasteiger charge is -2.23. The molecular formula is C18H16F3N3O2. The van der Waals surface area contributed by atoms with Crippen molar-refractivity contribution in [1.82, 2.24) is 15.1 Å². The highest BCUT2D eigenvalue weighted by molar-refractivity contribution is 5.86. The van der Waals surface area contributed by atoms with Crippen molar-refractivity contribution in [2.45, 2.75) is 6.10 Å². The molecule has 2 heterocycles. The van der Waals surface area contributed by atoms with Gasteiger partial charge in [-0.05, 0) is 24.3 Å². The van der Waals surface area contributed by atoms with Crippen LogP contribution < -0.4 is 10.1 Å². The number of morpholine rings is 1. The summed E-state index contributed by atoms with van der Waals surface area (Å²) in [6, 6.07) is 7.49. The van der Waals surface area contributed by atoms with Crippen LogP contribution in [0.5, 0.6) is 5.88 Å². The highest BCUT2D eigenvalue weighted by Crippen LogP contribution is 2.31. The highest BCUT2D eigenvalue weighted by Gasteiger charge is 2.21. The molecule has 0 radical (unpaired) electrons. The minimum absolute atomic E-state index is 0.00688. The molecule has 26 heavy (non-hydrogen) atoms. The van der Waals surface area contributed by atoms with Gasteiger partial charge in [0, 0.05) is 19.2 Å². The van der Waals surface area contributed by atoms with Crippen LogP contribution in [0.4, 0.5) is 13.2 Å². The Balaban J connectivity index is 1.73. The predicted molar refractivity (Wildman–Crippen MR) is 89.0 cm³/mol. The minimum Gasteiger partial charge on any atom is -0.473 e. The van der Waals surface area contributed by atoms with Crippen LogP contribution in [0.3, 0.4) is 0 Å². The van der Waals surface area contributed by atoms with Gasteiger partial charge in [-0.1, -0.05) is 6.07 Å². The van der Waals surface area contributed by atoms with Gasteiger partial charge in [0.2, 0.25) is 5.88 Å². The van der Waals surface area contributed by atoms with E-state index in [-0.39, 0.29) is 29.7 Å². The van der Waals surface area contributed by atoms with Crippen molar-refractivity contribution in [1.29, 1.82) is 0 Å². The van der Waals surface area contributed by atoms with Crippen LogP contribution in [0.1, 0.15) is 0 Å². The van der Waals surface area contributed by atoms with E-state index < -0.39 is 17.5 Å². The van der Waals surface area contributed by atoms with E-state index in [0.29, 0.717) is 18.7 Å². The Morgan fingerprint density at radius 3 is 2.85 bits per heavy atom. The number of aromatic nitrogens is 2. The minimum atomic E-state index is -0.801. The number of halogens is 3. The average molecular weight is 363 g/mol. The zero-order valence-electron chi connectivity index (χ0n) is 13.7. The molecule has 1 fully saturated rings. The Morgan fingerprint density at radius 1 is 1.19 bits per heavy atom. The third-order valence-electron chi connectivity index (χ3n) is 4.17. The Kier molecular flexibility index (Phi) is 4.52. The number of nitrogens with one attached hydrogen (secondary N) is 1. The summed E-state index contributed by atoms with van der Waals surface area (Å²) in [7, 11) is 0. The first-order valence-electron chi connectivity index (χ1n) is 8.21. The normalized spacial score (nSPS) is 17.6. The van der Waals surface area contributed by atoms with Crippen molar-refractivity contribution in [2.75, 3.05) is 26.3 Å². The number of ether oxygens (including phenoxy) is 2. The monoisotopic (exact) mass is 363 g/mol. The second-order valence-corrected chi connectivity index (χ2v) is 5.95. The van der Waals surface area contributed by atoms with Gasteiger partial charge in [-0.2, -0.15) is 0 Å². The van der Waals surface area contributed by atoms with Crippen molar-refractivity contribution in [3.05, 3.63) is 53.8 Å². The number of hydrogen-bond donors (Lipinski definition) is 1. The summed E-state index contributed by atoms with van der Waals surface area (Å²) in [6.07, 6.45) is -0.182. The maximum absolute atomic E-state index is 14.4. The molecule has 0 saturated carbocycles. The van der Waals surface area contributed by atoms with Crippen molar-refractivity contribution in [3.63, 3.8) is 0 Å². The molecule has 1 aliphatic heterocycles. The van der Waals surface area contributed by atoms with Gasteiger partial charge < -0.3 is 14.8 Å². The molecule has 3 aromatic rings. The molecule has 1 unspecified atom stereocenters. The van der Waals surface area contributed by atoms with Gasteiger partial charge in [0.1, 0.15) is 30.0 Å². The lowest BCUT2D eigenvalue weighted by molar-refractivity contribution is -0.000540. The van der Waals surface area contributed by atoms with E-state index in [1.807, 2.05) is 0 Å². The van der Waals surface area contributed by atoms with Gasteiger partial charge in [0.05, 0.1) is 17.5 Å². The van der Waals surface area contributed by atoms with Gasteiger partial charge in [0.25, 0.3) is 0 Å². The molecule has 1 saturated heterocycles. The second kappa shape index (κ2) is 6.97. The molecule has 0 amide bonds. The molecule has 0 spiro atoms. The molecule has 2 aromatic carbocycles. The molecule has 1 aromatic heterocycles. The van der Waals surface area contributed by atoms with E-state index in [1.165, 1.54) is 22.9 Å². The average Bonchev–Trinajstić information content (AvgIpc) is 3.01. The summed E-state index contributed by atoms with van der Waals surface area (Å²) in [6.45, 7) is 2.14. The van der Waals surface area contributed by atoms with Crippen molar-refractivity contribution >= 4 is 10.9 Å². The van der Waals surface area contributed by atoms with E-state index in [4.69, 9.17) is 9.47 Å². The number of nitrogens with zero attached hydrogens (tertiary/aromatic N) is 2. The van der Waals surface area contributed by atoms with Crippen LogP contribution in [0, 0.1) is 17.5 Å². The van der Waals surface area contributed by atoms with Crippen LogP contribution in [-0.4, -0.2) is 42.2 Å². The summed E-state index contributed by atoms with van der Waals surface area (Å²) < 4.78 is 54.2. The topological polar surface area (TPSA) is 48.3 Å². The van der Waals surface area contributed by atoms with Crippen molar-refractivity contribution in [2.24, 2.45) is 0 Å². The van der Waals surface area contributed by atoms with Gasteiger partial charge in [0.15, 0.2) is 5.82 Å². The molecule has 1 N–H and O–H groups in total. The fourth-order valence-electron chi connectivity index (χ4n) is 2.93. The van der Waals surface area contributed by atoms with Crippen LogP contribution >= 0.6 is 0 Å². The number of rotatable bonds is 4. The first-order chi connectivity index (χ1) is 12.6. The maximum Gasteiger partial charge on any atom is 0.244 e. The fraction of sp³-hybridized carbons (Fsp3) is 0.278. The summed E-state index contributed by atoms with van der Waals surface area (Å²) in [5.74, 6) is -2.00. The molecule has 5 nitrogen and oxygen atoms in total. The Labute approximate surface area is 147 Å². The van der Waals surface area contributed by atoms with E-state index in [9.17, 15) is 13.2 Å². The van der Waals surface area contributed by atoms with E-state index in [0.717, 1.165) is 18.7 Å². The lowest BCUT2D eigenvalue weighted by Crippen LogP contribution is -2.41. The quantitative estimate of drug-likeness (QED) is 0.775. The largest absolute Gasteiger partial charge is 0.473 e. The molecule has 0 aliphatic carbocycles. The molecule has 1 aliphatic rings. The standard InChI is InChI=1S/C18H16F3N3O2/c19-11-4-5-15(14(21)8-11)24-16-3-1-2-13(20)17(16)18(23-24)26-10-12-9-22-6-7-25-12/h1-5,8,12,22H,6-7,9-10H2. The Morgan fingerprint density at radius 2 is 2.08 bits per heavy atom. The predicted octanol–water partition coefficient (Wildman–Crippen LogP) is 2.81. The van der Waals surface area contributed by atoms with Crippen LogP contribution in [0.2, 0.25) is 0 Å². The summed E-state index contributed by atoms with van der Waals surface area (Å²) >= 11 is 0. The van der Waals surface area contributed by atoms with E-state index >= 15 is 0 Å². The highest BCUT2D eigenvalue weighted by atomic mass is 19.1. The van der Waals surface area contributed by atoms with Gasteiger partial charge >= 0.3 is 0 Å². The first kappa shape index (κ1) is 16.9. The smallest absolute Gasteiger partial charge is 0.244 e. The molecule has 136 valence electrons. The number of hydrogen-bond acceptors (Lipinski definition) is 4. The van der Waals surface area contributed by atoms with Crippen molar-refractivity contribution in [3.8, 4) is 11.6 Å². The van der Waals surface area contributed by atoms with Crippen LogP contribution in [0.25, 0.3) is 16.6 Å². The molecular weight excluding hydrogens is 347 g/mol. The zero-order chi connectivity index (χ0) is 18.1. The maximum atomic E-state index is 14.4. The van der Waals surface area contributed by atoms with Gasteiger partial charge in [-0.25, -0.2) is 17.9 Å². The van der Waals surface area contributed by atoms with Crippen LogP contribution in [-0.2, 0) is 4.74 Å². The van der Waals surface area contributed by atoms with Gasteiger partial charge in [-0.3, -0.25) is 0 Å². The molecule has 8 heteroatoms. The molecule has 1 atom stereocenters. The number of fused-ring (bicyclic) bond motifs is 1. The van der Waals surface area contributed by atoms with Crippen LogP contribution in [0.15, 0.2) is 36.4 Å². The Hall–Kier alpha value is -2.58. The lowest BCUT2D eigenvalue weighted by atomic mass is 10.2. The summed E-state index contributed by atoms with van der Waals surface area (Å²) in [5.41, 5.74) is 0.334. The third kappa shape index (κ3) is 3.13. The zero-order valence-corrected chi connectivity index (χ0v) is 13.7. The fourth-order valence-corrected chi connectivity index (χ4v) is 2.93. The SMILES string of the molecule is Fc1ccc(-n2nc(OCC3CNCCO3)c3c(F)cccc32)c(F)c1. The summed E-state index contributed by atoms with van der Waals surface area (Å²) in [5, 5.41) is 7.52. The second-order valence-electron chi connectivity index (χ2n) is 5.95. The summed E-state index contributed by atoms with van der Waals surface area (Å²) in [4.78, 5) is 0. The Bertz CT molecular complexity index is 939. The first-order valence-corrected chi connectivity index (χ1v) is 8.21. The number of benzene rings is 2. The van der Waals surface area contributed by atoms with E-state index in [1.54, 1.807) is 6.07 Å². The third-order valence-corrected chi connectivity index (χ3v) is 4.17. The molecule has 4 rings (SSSR count). The van der Waals surface area contributed by atoms with Crippen molar-refractivity contribution < 1.29 is 22.6 Å². The van der Waals surface area contributed by atoms with E-state index in [2.05, 4.69) is 10.4 Å².